The second kappa shape index (κ2) is 8.17. The number of aliphatic hydroxyl groups is 1. The Balaban J connectivity index is 1.52. The first kappa shape index (κ1) is 24.0. The van der Waals surface area contributed by atoms with Gasteiger partial charge in [0.2, 0.25) is 6.41 Å². The smallest absolute Gasteiger partial charge is 0.354 e. The Morgan fingerprint density at radius 3 is 2.62 bits per heavy atom. The number of allylic oxidation sites excluding steroid dienone is 2. The Morgan fingerprint density at radius 2 is 1.94 bits per heavy atom. The molecule has 2 N–H and O–H groups in total. The molecule has 0 aromatic heterocycles. The van der Waals surface area contributed by atoms with Crippen molar-refractivity contribution in [2.45, 2.75) is 84.0 Å². The summed E-state index contributed by atoms with van der Waals surface area (Å²) in [5.74, 6) is -0.536. The van der Waals surface area contributed by atoms with Crippen molar-refractivity contribution in [3.63, 3.8) is 0 Å². The molecule has 7 heteroatoms. The summed E-state index contributed by atoms with van der Waals surface area (Å²) in [7, 11) is 0. The Morgan fingerprint density at radius 1 is 1.21 bits per heavy atom. The van der Waals surface area contributed by atoms with Crippen LogP contribution >= 0.6 is 0 Å². The zero-order valence-electron chi connectivity index (χ0n) is 20.9. The first-order valence-electron chi connectivity index (χ1n) is 13.0. The molecule has 1 saturated heterocycles. The summed E-state index contributed by atoms with van der Waals surface area (Å²) in [6.07, 6.45) is 8.44. The van der Waals surface area contributed by atoms with E-state index in [9.17, 15) is 14.7 Å². The third kappa shape index (κ3) is 3.19. The fraction of sp³-hybridized carbons (Fsp3) is 0.778. The van der Waals surface area contributed by atoms with Gasteiger partial charge >= 0.3 is 5.97 Å². The van der Waals surface area contributed by atoms with E-state index < -0.39 is 17.4 Å². The van der Waals surface area contributed by atoms with Gasteiger partial charge in [0.1, 0.15) is 5.70 Å². The van der Waals surface area contributed by atoms with Crippen LogP contribution in [0.5, 0.6) is 0 Å². The van der Waals surface area contributed by atoms with E-state index >= 15 is 0 Å². The van der Waals surface area contributed by atoms with Crippen LogP contribution in [0.15, 0.2) is 22.9 Å². The van der Waals surface area contributed by atoms with Crippen LogP contribution < -0.4 is 5.32 Å². The maximum absolute atomic E-state index is 12.8. The van der Waals surface area contributed by atoms with E-state index in [1.807, 2.05) is 0 Å². The van der Waals surface area contributed by atoms with E-state index in [0.29, 0.717) is 31.7 Å². The number of carbonyl (C=O) groups is 2. The van der Waals surface area contributed by atoms with Crippen LogP contribution in [0.25, 0.3) is 0 Å². The largest absolute Gasteiger partial charge is 0.461 e. The van der Waals surface area contributed by atoms with Crippen LogP contribution in [0.2, 0.25) is 0 Å². The number of hydrogen-bond donors (Lipinski definition) is 2. The van der Waals surface area contributed by atoms with Crippen molar-refractivity contribution in [1.82, 2.24) is 5.32 Å². The molecule has 0 aromatic carbocycles. The fourth-order valence-corrected chi connectivity index (χ4v) is 8.48. The summed E-state index contributed by atoms with van der Waals surface area (Å²) < 4.78 is 17.3. The minimum absolute atomic E-state index is 0.0964. The Bertz CT molecular complexity index is 935. The predicted octanol–water partition coefficient (Wildman–Crippen LogP) is 3.62. The molecular weight excluding hydrogens is 434 g/mol. The van der Waals surface area contributed by atoms with E-state index in [1.54, 1.807) is 6.92 Å². The number of ether oxygens (including phenoxy) is 3. The first-order valence-corrected chi connectivity index (χ1v) is 13.0. The quantitative estimate of drug-likeness (QED) is 0.280. The molecule has 4 aliphatic carbocycles. The standard InChI is InChI=1S/C27H39NO6/c1-5-32-23(30)22(28-16-29)21-17(2)14-20-19-7-6-18-15-26(33-12-13-34-26)10-9-25(18,4)27(19,31)11-8-24(20,21)3/h6,16-17,19-20,31H,5,7-15H2,1-4H3,(H,28,29)/b22-21-/t17-,19-,20-,24-,25-,27+/m0/s1. The lowest BCUT2D eigenvalue weighted by Crippen LogP contribution is -2.63. The van der Waals surface area contributed by atoms with Crippen molar-refractivity contribution in [3.05, 3.63) is 22.9 Å². The van der Waals surface area contributed by atoms with Crippen molar-refractivity contribution in [2.24, 2.45) is 28.6 Å². The minimum atomic E-state index is -0.807. The normalized spacial score (nSPS) is 43.9. The molecule has 0 unspecified atom stereocenters. The van der Waals surface area contributed by atoms with Gasteiger partial charge < -0.3 is 24.6 Å². The van der Waals surface area contributed by atoms with Crippen molar-refractivity contribution in [2.75, 3.05) is 19.8 Å². The molecule has 0 aromatic rings. The average Bonchev–Trinajstić information content (AvgIpc) is 3.35. The molecule has 0 radical (unpaired) electrons. The third-order valence-electron chi connectivity index (χ3n) is 10.2. The third-order valence-corrected chi connectivity index (χ3v) is 10.2. The molecule has 5 rings (SSSR count). The van der Waals surface area contributed by atoms with Crippen LogP contribution in [0.3, 0.4) is 0 Å². The van der Waals surface area contributed by atoms with Crippen LogP contribution in [-0.4, -0.2) is 48.7 Å². The highest BCUT2D eigenvalue weighted by molar-refractivity contribution is 5.91. The summed E-state index contributed by atoms with van der Waals surface area (Å²) >= 11 is 0. The average molecular weight is 474 g/mol. The molecule has 5 aliphatic rings. The van der Waals surface area contributed by atoms with Gasteiger partial charge in [0.05, 0.1) is 25.4 Å². The number of amides is 1. The molecule has 0 bridgehead atoms. The summed E-state index contributed by atoms with van der Waals surface area (Å²) in [5, 5.41) is 15.1. The lowest BCUT2D eigenvalue weighted by atomic mass is 9.45. The van der Waals surface area contributed by atoms with Crippen molar-refractivity contribution >= 4 is 12.4 Å². The lowest BCUT2D eigenvalue weighted by Gasteiger charge is -2.63. The number of nitrogens with one attached hydrogen (secondary N) is 1. The summed E-state index contributed by atoms with van der Waals surface area (Å²) in [6, 6.07) is 0. The van der Waals surface area contributed by atoms with Gasteiger partial charge in [-0.05, 0) is 67.8 Å². The Hall–Kier alpha value is -1.70. The number of fused-ring (bicyclic) bond motifs is 5. The van der Waals surface area contributed by atoms with E-state index in [0.717, 1.165) is 44.1 Å². The number of hydrogen-bond acceptors (Lipinski definition) is 6. The first-order chi connectivity index (χ1) is 16.1. The highest BCUT2D eigenvalue weighted by Crippen LogP contribution is 2.69. The Labute approximate surface area is 202 Å². The molecule has 1 aliphatic heterocycles. The second-order valence-electron chi connectivity index (χ2n) is 11.5. The highest BCUT2D eigenvalue weighted by atomic mass is 16.7. The van der Waals surface area contributed by atoms with Gasteiger partial charge in [0.15, 0.2) is 5.79 Å². The van der Waals surface area contributed by atoms with Gasteiger partial charge in [-0.2, -0.15) is 0 Å². The molecule has 188 valence electrons. The van der Waals surface area contributed by atoms with Crippen molar-refractivity contribution < 1.29 is 28.9 Å². The van der Waals surface area contributed by atoms with Gasteiger partial charge in [-0.15, -0.1) is 0 Å². The molecule has 1 heterocycles. The topological polar surface area (TPSA) is 94.1 Å². The number of rotatable bonds is 4. The Kier molecular flexibility index (Phi) is 5.77. The van der Waals surface area contributed by atoms with E-state index in [-0.39, 0.29) is 35.2 Å². The van der Waals surface area contributed by atoms with Crippen LogP contribution in [0.1, 0.15) is 72.6 Å². The monoisotopic (exact) mass is 473 g/mol. The molecule has 34 heavy (non-hydrogen) atoms. The van der Waals surface area contributed by atoms with E-state index in [4.69, 9.17) is 14.2 Å². The van der Waals surface area contributed by atoms with Gasteiger partial charge in [-0.25, -0.2) is 4.79 Å². The predicted molar refractivity (Wildman–Crippen MR) is 125 cm³/mol. The summed E-state index contributed by atoms with van der Waals surface area (Å²) in [4.78, 5) is 24.2. The van der Waals surface area contributed by atoms with Gasteiger partial charge in [0, 0.05) is 18.3 Å². The number of esters is 1. The number of carbonyl (C=O) groups excluding carboxylic acids is 2. The molecule has 1 spiro atoms. The molecule has 7 nitrogen and oxygen atoms in total. The summed E-state index contributed by atoms with van der Waals surface area (Å²) in [6.45, 7) is 9.90. The SMILES string of the molecule is CCOC(=O)/C(NC=O)=C1\[C@@H](C)C[C@H]2[C@@H]3CC=C4CC5(CC[C@]4(C)[C@@]3(O)CC[C@]12C)OCCO5. The molecule has 1 amide bonds. The molecule has 4 fully saturated rings. The van der Waals surface area contributed by atoms with Gasteiger partial charge in [-0.3, -0.25) is 4.79 Å². The van der Waals surface area contributed by atoms with E-state index in [1.165, 1.54) is 5.57 Å². The van der Waals surface area contributed by atoms with Gasteiger partial charge in [0.25, 0.3) is 0 Å². The zero-order chi connectivity index (χ0) is 24.4. The van der Waals surface area contributed by atoms with Crippen LogP contribution in [0, 0.1) is 28.6 Å². The molecular formula is C27H39NO6. The minimum Gasteiger partial charge on any atom is -0.461 e. The van der Waals surface area contributed by atoms with Crippen molar-refractivity contribution in [3.8, 4) is 0 Å². The molecule has 3 saturated carbocycles. The zero-order valence-corrected chi connectivity index (χ0v) is 20.9. The van der Waals surface area contributed by atoms with Gasteiger partial charge in [-0.1, -0.05) is 32.4 Å². The summed E-state index contributed by atoms with van der Waals surface area (Å²) in [5.41, 5.74) is 1.18. The second-order valence-corrected chi connectivity index (χ2v) is 11.5. The van der Waals surface area contributed by atoms with Crippen LogP contribution in [0.4, 0.5) is 0 Å². The lowest BCUT2D eigenvalue weighted by molar-refractivity contribution is -0.218. The fourth-order valence-electron chi connectivity index (χ4n) is 8.48. The maximum Gasteiger partial charge on any atom is 0.354 e. The van der Waals surface area contributed by atoms with E-state index in [2.05, 4.69) is 32.2 Å². The van der Waals surface area contributed by atoms with Crippen molar-refractivity contribution in [1.29, 1.82) is 0 Å². The molecule has 6 atom stereocenters. The van der Waals surface area contributed by atoms with Crippen LogP contribution in [-0.2, 0) is 23.8 Å². The highest BCUT2D eigenvalue weighted by Gasteiger charge is 2.67. The maximum atomic E-state index is 12.8.